The minimum Gasteiger partial charge on any atom is -0.410 e. The van der Waals surface area contributed by atoms with Gasteiger partial charge in [0.25, 0.3) is 0 Å². The second-order valence-corrected chi connectivity index (χ2v) is 8.37. The molecule has 0 unspecified atom stereocenters. The highest BCUT2D eigenvalue weighted by atomic mass is 19.1. The van der Waals surface area contributed by atoms with Gasteiger partial charge in [0.05, 0.1) is 6.04 Å². The number of nitrogens with zero attached hydrogens (tertiary/aromatic N) is 2. The molecule has 0 spiro atoms. The molecule has 0 radical (unpaired) electrons. The van der Waals surface area contributed by atoms with E-state index in [4.69, 9.17) is 4.74 Å². The fourth-order valence-electron chi connectivity index (χ4n) is 4.45. The first-order chi connectivity index (χ1) is 15.5. The Morgan fingerprint density at radius 1 is 1.00 bits per heavy atom. The molecule has 1 fully saturated rings. The van der Waals surface area contributed by atoms with Gasteiger partial charge < -0.3 is 9.64 Å². The smallest absolute Gasteiger partial charge is 0.410 e. The summed E-state index contributed by atoms with van der Waals surface area (Å²) < 4.78 is 19.3. The number of rotatable bonds is 6. The summed E-state index contributed by atoms with van der Waals surface area (Å²) in [6.07, 6.45) is -0.352. The number of amides is 1. The summed E-state index contributed by atoms with van der Waals surface area (Å²) in [5.74, 6) is 0.358. The molecule has 0 aliphatic carbocycles. The lowest BCUT2D eigenvalue weighted by Crippen LogP contribution is -2.45. The summed E-state index contributed by atoms with van der Waals surface area (Å²) in [7, 11) is 0. The minimum atomic E-state index is -0.352. The molecule has 0 N–H and O–H groups in total. The molecule has 1 aliphatic heterocycles. The van der Waals surface area contributed by atoms with E-state index < -0.39 is 0 Å². The third-order valence-electron chi connectivity index (χ3n) is 6.11. The standard InChI is InChI=1S/C27H29FN2O2/c1-3-30(27(31)32-24-15-9-20(2)10-16-24)26-19-29(17-21-7-5-4-6-8-21)18-25(26)22-11-13-23(28)14-12-22/h4-16,25-26H,3,17-19H2,1-2H3/t25-,26+/m1/s1. The summed E-state index contributed by atoms with van der Waals surface area (Å²) in [5.41, 5.74) is 3.38. The summed E-state index contributed by atoms with van der Waals surface area (Å²) in [6, 6.07) is 24.4. The fourth-order valence-corrected chi connectivity index (χ4v) is 4.45. The van der Waals surface area contributed by atoms with E-state index in [0.717, 1.165) is 30.8 Å². The van der Waals surface area contributed by atoms with Crippen molar-refractivity contribution in [3.05, 3.63) is 101 Å². The Balaban J connectivity index is 1.56. The highest BCUT2D eigenvalue weighted by Gasteiger charge is 2.39. The third kappa shape index (κ3) is 5.17. The van der Waals surface area contributed by atoms with Crippen LogP contribution >= 0.6 is 0 Å². The van der Waals surface area contributed by atoms with Crippen molar-refractivity contribution in [1.29, 1.82) is 0 Å². The van der Waals surface area contributed by atoms with E-state index in [1.165, 1.54) is 17.7 Å². The van der Waals surface area contributed by atoms with Gasteiger partial charge in [0.2, 0.25) is 0 Å². The number of hydrogen-bond acceptors (Lipinski definition) is 3. The first-order valence-electron chi connectivity index (χ1n) is 11.1. The molecule has 1 saturated heterocycles. The van der Waals surface area contributed by atoms with Gasteiger partial charge in [0.15, 0.2) is 0 Å². The summed E-state index contributed by atoms with van der Waals surface area (Å²) in [5, 5.41) is 0. The summed E-state index contributed by atoms with van der Waals surface area (Å²) in [4.78, 5) is 17.3. The van der Waals surface area contributed by atoms with Gasteiger partial charge in [-0.1, -0.05) is 60.2 Å². The number of benzene rings is 3. The second kappa shape index (κ2) is 9.96. The monoisotopic (exact) mass is 432 g/mol. The Labute approximate surface area is 189 Å². The van der Waals surface area contributed by atoms with Crippen molar-refractivity contribution in [1.82, 2.24) is 9.80 Å². The average Bonchev–Trinajstić information content (AvgIpc) is 3.20. The molecule has 0 bridgehead atoms. The van der Waals surface area contributed by atoms with Crippen LogP contribution in [0.1, 0.15) is 29.5 Å². The molecule has 1 amide bonds. The molecular formula is C27H29FN2O2. The number of hydrogen-bond donors (Lipinski definition) is 0. The van der Waals surface area contributed by atoms with Crippen molar-refractivity contribution in [3.8, 4) is 5.75 Å². The molecule has 3 aromatic carbocycles. The van der Waals surface area contributed by atoms with Crippen LogP contribution in [0.5, 0.6) is 5.75 Å². The molecule has 1 heterocycles. The zero-order valence-electron chi connectivity index (χ0n) is 18.6. The molecule has 4 rings (SSSR count). The number of halogens is 1. The topological polar surface area (TPSA) is 32.8 Å². The fraction of sp³-hybridized carbons (Fsp3) is 0.296. The van der Waals surface area contributed by atoms with Gasteiger partial charge in [-0.2, -0.15) is 0 Å². The van der Waals surface area contributed by atoms with E-state index in [2.05, 4.69) is 17.0 Å². The maximum Gasteiger partial charge on any atom is 0.415 e. The number of carbonyl (C=O) groups is 1. The van der Waals surface area contributed by atoms with Crippen LogP contribution in [0.4, 0.5) is 9.18 Å². The molecular weight excluding hydrogens is 403 g/mol. The van der Waals surface area contributed by atoms with Crippen molar-refractivity contribution < 1.29 is 13.9 Å². The highest BCUT2D eigenvalue weighted by Crippen LogP contribution is 2.33. The quantitative estimate of drug-likeness (QED) is 0.507. The molecule has 5 heteroatoms. The minimum absolute atomic E-state index is 0.0629. The van der Waals surface area contributed by atoms with Crippen LogP contribution in [0, 0.1) is 12.7 Å². The van der Waals surface area contributed by atoms with Crippen molar-refractivity contribution in [3.63, 3.8) is 0 Å². The molecule has 2 atom stereocenters. The first kappa shape index (κ1) is 22.0. The van der Waals surface area contributed by atoms with E-state index in [1.807, 2.05) is 68.4 Å². The van der Waals surface area contributed by atoms with Crippen LogP contribution in [0.25, 0.3) is 0 Å². The Morgan fingerprint density at radius 2 is 1.69 bits per heavy atom. The van der Waals surface area contributed by atoms with Crippen molar-refractivity contribution in [2.45, 2.75) is 32.4 Å². The van der Waals surface area contributed by atoms with E-state index in [-0.39, 0.29) is 23.9 Å². The number of likely N-dealkylation sites (tertiary alicyclic amines) is 1. The maximum atomic E-state index is 13.6. The normalized spacial score (nSPS) is 18.5. The number of ether oxygens (including phenoxy) is 1. The number of carbonyl (C=O) groups excluding carboxylic acids is 1. The lowest BCUT2D eigenvalue weighted by Gasteiger charge is -2.31. The van der Waals surface area contributed by atoms with Gasteiger partial charge in [0.1, 0.15) is 11.6 Å². The molecule has 32 heavy (non-hydrogen) atoms. The highest BCUT2D eigenvalue weighted by molar-refractivity contribution is 5.71. The molecule has 4 nitrogen and oxygen atoms in total. The van der Waals surface area contributed by atoms with Crippen LogP contribution in [0.2, 0.25) is 0 Å². The van der Waals surface area contributed by atoms with Crippen LogP contribution in [0.15, 0.2) is 78.9 Å². The Hall–Kier alpha value is -3.18. The number of likely N-dealkylation sites (N-methyl/N-ethyl adjacent to an activating group) is 1. The SMILES string of the molecule is CCN(C(=O)Oc1ccc(C)cc1)[C@H]1CN(Cc2ccccc2)C[C@@H]1c1ccc(F)cc1. The van der Waals surface area contributed by atoms with E-state index in [0.29, 0.717) is 12.3 Å². The largest absolute Gasteiger partial charge is 0.415 e. The first-order valence-corrected chi connectivity index (χ1v) is 11.1. The molecule has 1 aliphatic rings. The summed E-state index contributed by atoms with van der Waals surface area (Å²) in [6.45, 7) is 6.83. The molecule has 166 valence electrons. The Kier molecular flexibility index (Phi) is 6.86. The predicted octanol–water partition coefficient (Wildman–Crippen LogP) is 5.62. The second-order valence-electron chi connectivity index (χ2n) is 8.37. The zero-order chi connectivity index (χ0) is 22.5. The summed E-state index contributed by atoms with van der Waals surface area (Å²) >= 11 is 0. The Bertz CT molecular complexity index is 1020. The van der Waals surface area contributed by atoms with Gasteiger partial charge in [-0.15, -0.1) is 0 Å². The molecule has 3 aromatic rings. The average molecular weight is 433 g/mol. The van der Waals surface area contributed by atoms with Gasteiger partial charge in [-0.3, -0.25) is 4.90 Å². The van der Waals surface area contributed by atoms with Crippen LogP contribution in [-0.4, -0.2) is 41.6 Å². The number of aryl methyl sites for hydroxylation is 1. The molecule has 0 saturated carbocycles. The van der Waals surface area contributed by atoms with Crippen LogP contribution in [0.3, 0.4) is 0 Å². The van der Waals surface area contributed by atoms with Gasteiger partial charge in [-0.25, -0.2) is 9.18 Å². The van der Waals surface area contributed by atoms with E-state index >= 15 is 0 Å². The van der Waals surface area contributed by atoms with E-state index in [1.54, 1.807) is 4.90 Å². The van der Waals surface area contributed by atoms with Crippen LogP contribution in [-0.2, 0) is 6.54 Å². The van der Waals surface area contributed by atoms with E-state index in [9.17, 15) is 9.18 Å². The lowest BCUT2D eigenvalue weighted by molar-refractivity contribution is 0.131. The zero-order valence-corrected chi connectivity index (χ0v) is 18.6. The molecule has 0 aromatic heterocycles. The van der Waals surface area contributed by atoms with Crippen molar-refractivity contribution in [2.75, 3.05) is 19.6 Å². The van der Waals surface area contributed by atoms with Crippen LogP contribution < -0.4 is 4.74 Å². The van der Waals surface area contributed by atoms with Gasteiger partial charge in [0, 0.05) is 32.1 Å². The van der Waals surface area contributed by atoms with Crippen molar-refractivity contribution in [2.24, 2.45) is 0 Å². The van der Waals surface area contributed by atoms with Crippen molar-refractivity contribution >= 4 is 6.09 Å². The third-order valence-corrected chi connectivity index (χ3v) is 6.11. The Morgan fingerprint density at radius 3 is 2.34 bits per heavy atom. The van der Waals surface area contributed by atoms with Gasteiger partial charge >= 0.3 is 6.09 Å². The predicted molar refractivity (Wildman–Crippen MR) is 124 cm³/mol. The van der Waals surface area contributed by atoms with Gasteiger partial charge in [-0.05, 0) is 49.2 Å². The lowest BCUT2D eigenvalue weighted by atomic mass is 9.93. The maximum absolute atomic E-state index is 13.6.